The van der Waals surface area contributed by atoms with Gasteiger partial charge >= 0.3 is 5.97 Å². The molecule has 0 spiro atoms. The van der Waals surface area contributed by atoms with Crippen molar-refractivity contribution in [2.45, 2.75) is 31.9 Å². The highest BCUT2D eigenvalue weighted by molar-refractivity contribution is 5.75. The van der Waals surface area contributed by atoms with E-state index in [1.165, 1.54) is 7.11 Å². The maximum absolute atomic E-state index is 11.5. The van der Waals surface area contributed by atoms with E-state index in [2.05, 4.69) is 15.5 Å². The van der Waals surface area contributed by atoms with E-state index in [0.717, 1.165) is 42.9 Å². The van der Waals surface area contributed by atoms with Gasteiger partial charge in [-0.2, -0.15) is 0 Å². The van der Waals surface area contributed by atoms with Crippen molar-refractivity contribution in [2.75, 3.05) is 26.8 Å². The fraction of sp³-hybridized carbons (Fsp3) is 0.556. The Bertz CT molecular complexity index is 692. The molecular weight excluding hydrogens is 306 g/mol. The molecule has 1 saturated heterocycles. The maximum atomic E-state index is 11.5. The zero-order chi connectivity index (χ0) is 16.9. The van der Waals surface area contributed by atoms with E-state index in [-0.39, 0.29) is 12.1 Å². The van der Waals surface area contributed by atoms with Crippen LogP contribution < -0.4 is 0 Å². The topological polar surface area (TPSA) is 56.6 Å². The predicted octanol–water partition coefficient (Wildman–Crippen LogP) is 2.12. The third kappa shape index (κ3) is 3.94. The van der Waals surface area contributed by atoms with E-state index in [4.69, 9.17) is 14.5 Å². The maximum Gasteiger partial charge on any atom is 0.306 e. The average Bonchev–Trinajstić information content (AvgIpc) is 3.21. The second-order valence-electron chi connectivity index (χ2n) is 6.27. The van der Waals surface area contributed by atoms with Crippen LogP contribution in [0.1, 0.15) is 25.1 Å². The Labute approximate surface area is 142 Å². The van der Waals surface area contributed by atoms with E-state index in [0.29, 0.717) is 19.5 Å². The molecule has 24 heavy (non-hydrogen) atoms. The highest BCUT2D eigenvalue weighted by Crippen LogP contribution is 2.18. The number of benzene rings is 1. The van der Waals surface area contributed by atoms with Crippen molar-refractivity contribution in [2.24, 2.45) is 7.05 Å². The molecule has 6 heteroatoms. The Balaban J connectivity index is 1.73. The molecule has 0 aliphatic carbocycles. The number of ether oxygens (including phenoxy) is 2. The summed E-state index contributed by atoms with van der Waals surface area (Å²) >= 11 is 0. The first-order chi connectivity index (χ1) is 11.7. The first-order valence-electron chi connectivity index (χ1n) is 8.48. The molecule has 130 valence electrons. The fourth-order valence-electron chi connectivity index (χ4n) is 3.20. The first-order valence-corrected chi connectivity index (χ1v) is 8.48. The lowest BCUT2D eigenvalue weighted by Gasteiger charge is -2.24. The minimum Gasteiger partial charge on any atom is -0.469 e. The molecule has 0 radical (unpaired) electrons. The number of methoxy groups -OCH3 is 1. The van der Waals surface area contributed by atoms with Crippen molar-refractivity contribution < 1.29 is 14.3 Å². The molecule has 0 amide bonds. The monoisotopic (exact) mass is 331 g/mol. The van der Waals surface area contributed by atoms with Crippen LogP contribution >= 0.6 is 0 Å². The van der Waals surface area contributed by atoms with E-state index in [1.807, 2.05) is 25.2 Å². The van der Waals surface area contributed by atoms with Crippen molar-refractivity contribution in [3.8, 4) is 0 Å². The Hall–Kier alpha value is -1.92. The van der Waals surface area contributed by atoms with Crippen molar-refractivity contribution in [1.29, 1.82) is 0 Å². The molecule has 1 aliphatic heterocycles. The van der Waals surface area contributed by atoms with Gasteiger partial charge < -0.3 is 14.0 Å². The second-order valence-corrected chi connectivity index (χ2v) is 6.27. The van der Waals surface area contributed by atoms with Crippen molar-refractivity contribution >= 4 is 17.0 Å². The Kier molecular flexibility index (Phi) is 5.48. The van der Waals surface area contributed by atoms with Crippen LogP contribution in [0.15, 0.2) is 24.3 Å². The molecule has 0 unspecified atom stereocenters. The zero-order valence-corrected chi connectivity index (χ0v) is 14.4. The third-order valence-electron chi connectivity index (χ3n) is 4.59. The summed E-state index contributed by atoms with van der Waals surface area (Å²) in [7, 11) is 3.47. The lowest BCUT2D eigenvalue weighted by molar-refractivity contribution is -0.141. The van der Waals surface area contributed by atoms with Gasteiger partial charge in [-0.05, 0) is 25.0 Å². The lowest BCUT2D eigenvalue weighted by Crippen LogP contribution is -2.34. The Morgan fingerprint density at radius 3 is 3.00 bits per heavy atom. The minimum atomic E-state index is -0.183. The van der Waals surface area contributed by atoms with Crippen LogP contribution in [-0.2, 0) is 27.9 Å². The van der Waals surface area contributed by atoms with Gasteiger partial charge in [-0.3, -0.25) is 9.69 Å². The molecule has 3 rings (SSSR count). The normalized spacial score (nSPS) is 17.7. The van der Waals surface area contributed by atoms with Crippen LogP contribution in [0, 0.1) is 0 Å². The molecule has 2 heterocycles. The first kappa shape index (κ1) is 16.9. The summed E-state index contributed by atoms with van der Waals surface area (Å²) in [6.45, 7) is 3.00. The standard InChI is InChI=1S/C18H25N3O3/c1-20-16-8-4-3-7-15(16)19-17(20)13-21(10-9-18(22)23-2)12-14-6-5-11-24-14/h3-4,7-8,14H,5-6,9-13H2,1-2H3/t14-/m1/s1. The van der Waals surface area contributed by atoms with Gasteiger partial charge in [-0.25, -0.2) is 4.98 Å². The van der Waals surface area contributed by atoms with Crippen LogP contribution in [0.4, 0.5) is 0 Å². The number of carbonyl (C=O) groups excluding carboxylic acids is 1. The van der Waals surface area contributed by atoms with E-state index in [9.17, 15) is 4.79 Å². The number of rotatable bonds is 7. The van der Waals surface area contributed by atoms with Crippen LogP contribution in [0.2, 0.25) is 0 Å². The molecule has 6 nitrogen and oxygen atoms in total. The summed E-state index contributed by atoms with van der Waals surface area (Å²) in [5.41, 5.74) is 2.12. The molecule has 1 fully saturated rings. The van der Waals surface area contributed by atoms with Crippen molar-refractivity contribution in [3.05, 3.63) is 30.1 Å². The summed E-state index contributed by atoms with van der Waals surface area (Å²) in [6, 6.07) is 8.12. The van der Waals surface area contributed by atoms with Gasteiger partial charge in [-0.1, -0.05) is 12.1 Å². The summed E-state index contributed by atoms with van der Waals surface area (Å²) in [6.07, 6.45) is 2.82. The number of aromatic nitrogens is 2. The molecule has 1 aromatic carbocycles. The predicted molar refractivity (Wildman–Crippen MR) is 91.6 cm³/mol. The quantitative estimate of drug-likeness (QED) is 0.728. The van der Waals surface area contributed by atoms with Crippen LogP contribution in [0.3, 0.4) is 0 Å². The smallest absolute Gasteiger partial charge is 0.306 e. The van der Waals surface area contributed by atoms with E-state index >= 15 is 0 Å². The molecule has 1 atom stereocenters. The SMILES string of the molecule is COC(=O)CCN(Cc1nc2ccccc2n1C)C[C@H]1CCCO1. The summed E-state index contributed by atoms with van der Waals surface area (Å²) in [5, 5.41) is 0. The molecule has 0 saturated carbocycles. The van der Waals surface area contributed by atoms with Crippen LogP contribution in [0.5, 0.6) is 0 Å². The Morgan fingerprint density at radius 2 is 2.29 bits per heavy atom. The third-order valence-corrected chi connectivity index (χ3v) is 4.59. The number of esters is 1. The average molecular weight is 331 g/mol. The number of imidazole rings is 1. The number of para-hydroxylation sites is 2. The van der Waals surface area contributed by atoms with E-state index < -0.39 is 0 Å². The van der Waals surface area contributed by atoms with Gasteiger partial charge in [0.15, 0.2) is 0 Å². The minimum absolute atomic E-state index is 0.183. The number of hydrogen-bond donors (Lipinski definition) is 0. The van der Waals surface area contributed by atoms with Gasteiger partial charge in [-0.15, -0.1) is 0 Å². The van der Waals surface area contributed by atoms with Crippen LogP contribution in [-0.4, -0.2) is 53.3 Å². The molecule has 2 aromatic rings. The summed E-state index contributed by atoms with van der Waals surface area (Å²) in [4.78, 5) is 18.5. The van der Waals surface area contributed by atoms with Gasteiger partial charge in [0.2, 0.25) is 0 Å². The van der Waals surface area contributed by atoms with Gasteiger partial charge in [0.25, 0.3) is 0 Å². The number of carbonyl (C=O) groups is 1. The number of hydrogen-bond acceptors (Lipinski definition) is 5. The largest absolute Gasteiger partial charge is 0.469 e. The van der Waals surface area contributed by atoms with Gasteiger partial charge in [0.05, 0.1) is 37.2 Å². The van der Waals surface area contributed by atoms with Gasteiger partial charge in [0.1, 0.15) is 5.82 Å². The number of aryl methyl sites for hydroxylation is 1. The molecule has 1 aliphatic rings. The summed E-state index contributed by atoms with van der Waals surface area (Å²) < 4.78 is 12.7. The van der Waals surface area contributed by atoms with Gasteiger partial charge in [0, 0.05) is 26.7 Å². The number of fused-ring (bicyclic) bond motifs is 1. The molecular formula is C18H25N3O3. The number of nitrogens with zero attached hydrogens (tertiary/aromatic N) is 3. The van der Waals surface area contributed by atoms with E-state index in [1.54, 1.807) is 0 Å². The Morgan fingerprint density at radius 1 is 1.46 bits per heavy atom. The highest BCUT2D eigenvalue weighted by Gasteiger charge is 2.21. The molecule has 1 aromatic heterocycles. The van der Waals surface area contributed by atoms with Crippen molar-refractivity contribution in [1.82, 2.24) is 14.5 Å². The summed E-state index contributed by atoms with van der Waals surface area (Å²) in [5.74, 6) is 0.816. The van der Waals surface area contributed by atoms with Crippen molar-refractivity contribution in [3.63, 3.8) is 0 Å². The van der Waals surface area contributed by atoms with Crippen LogP contribution in [0.25, 0.3) is 11.0 Å². The highest BCUT2D eigenvalue weighted by atomic mass is 16.5. The molecule has 0 bridgehead atoms. The zero-order valence-electron chi connectivity index (χ0n) is 14.4. The second kappa shape index (κ2) is 7.77. The lowest BCUT2D eigenvalue weighted by atomic mass is 10.2. The molecule has 0 N–H and O–H groups in total. The fourth-order valence-corrected chi connectivity index (χ4v) is 3.20.